The van der Waals surface area contributed by atoms with Crippen molar-refractivity contribution in [2.24, 2.45) is 5.73 Å². The minimum absolute atomic E-state index is 0.595. The zero-order valence-electron chi connectivity index (χ0n) is 7.81. The molecule has 0 unspecified atom stereocenters. The van der Waals surface area contributed by atoms with Crippen molar-refractivity contribution >= 4 is 0 Å². The molecule has 12 heavy (non-hydrogen) atoms. The molecule has 0 fully saturated rings. The van der Waals surface area contributed by atoms with Crippen LogP contribution >= 0.6 is 0 Å². The molecule has 0 spiro atoms. The zero-order chi connectivity index (χ0) is 8.65. The second-order valence-electron chi connectivity index (χ2n) is 3.45. The van der Waals surface area contributed by atoms with Crippen LogP contribution in [0, 0.1) is 0 Å². The molecule has 0 aromatic rings. The van der Waals surface area contributed by atoms with Gasteiger partial charge in [0.05, 0.1) is 0 Å². The van der Waals surface area contributed by atoms with E-state index < -0.39 is 0 Å². The molecule has 0 saturated carbocycles. The summed E-state index contributed by atoms with van der Waals surface area (Å²) in [4.78, 5) is 0. The second-order valence-corrected chi connectivity index (χ2v) is 3.45. The van der Waals surface area contributed by atoms with Gasteiger partial charge in [-0.25, -0.2) is 0 Å². The summed E-state index contributed by atoms with van der Waals surface area (Å²) in [5.41, 5.74) is 6.93. The fourth-order valence-corrected chi connectivity index (χ4v) is 1.65. The number of nitrogens with one attached hydrogen (secondary N) is 1. The van der Waals surface area contributed by atoms with Crippen molar-refractivity contribution in [1.29, 1.82) is 0 Å². The van der Waals surface area contributed by atoms with E-state index in [4.69, 9.17) is 5.73 Å². The SMILES string of the molecule is NCNC/C1=C\CCCCCC1. The maximum absolute atomic E-state index is 5.38. The van der Waals surface area contributed by atoms with Gasteiger partial charge in [0.25, 0.3) is 0 Å². The first-order valence-electron chi connectivity index (χ1n) is 5.02. The lowest BCUT2D eigenvalue weighted by atomic mass is 10.00. The van der Waals surface area contributed by atoms with Gasteiger partial charge >= 0.3 is 0 Å². The summed E-state index contributed by atoms with van der Waals surface area (Å²) in [6.07, 6.45) is 10.5. The Morgan fingerprint density at radius 3 is 2.92 bits per heavy atom. The van der Waals surface area contributed by atoms with Gasteiger partial charge in [-0.2, -0.15) is 0 Å². The molecular formula is C10H20N2. The summed E-state index contributed by atoms with van der Waals surface area (Å²) >= 11 is 0. The number of hydrogen-bond acceptors (Lipinski definition) is 2. The molecule has 0 aromatic heterocycles. The van der Waals surface area contributed by atoms with E-state index in [1.807, 2.05) is 0 Å². The highest BCUT2D eigenvalue weighted by Gasteiger charge is 2.00. The standard InChI is InChI=1S/C10H20N2/c11-9-12-8-10-6-4-2-1-3-5-7-10/h6,12H,1-5,7-9,11H2/b10-6-. The Labute approximate surface area is 75.2 Å². The van der Waals surface area contributed by atoms with Gasteiger partial charge in [-0.1, -0.05) is 24.5 Å². The van der Waals surface area contributed by atoms with Crippen LogP contribution in [0.2, 0.25) is 0 Å². The van der Waals surface area contributed by atoms with E-state index >= 15 is 0 Å². The van der Waals surface area contributed by atoms with Gasteiger partial charge in [-0.05, 0) is 25.7 Å². The Balaban J connectivity index is 2.26. The molecule has 2 heteroatoms. The smallest absolute Gasteiger partial charge is 0.0431 e. The van der Waals surface area contributed by atoms with Gasteiger partial charge in [-0.15, -0.1) is 0 Å². The van der Waals surface area contributed by atoms with Crippen molar-refractivity contribution in [2.75, 3.05) is 13.2 Å². The van der Waals surface area contributed by atoms with E-state index in [1.165, 1.54) is 38.5 Å². The molecule has 3 N–H and O–H groups in total. The van der Waals surface area contributed by atoms with E-state index in [0.717, 1.165) is 6.54 Å². The normalized spacial score (nSPS) is 23.9. The second kappa shape index (κ2) is 6.21. The molecule has 0 amide bonds. The molecule has 0 saturated heterocycles. The van der Waals surface area contributed by atoms with Crippen molar-refractivity contribution < 1.29 is 0 Å². The van der Waals surface area contributed by atoms with Crippen LogP contribution in [0.1, 0.15) is 38.5 Å². The van der Waals surface area contributed by atoms with E-state index in [0.29, 0.717) is 6.67 Å². The third-order valence-electron chi connectivity index (χ3n) is 2.38. The topological polar surface area (TPSA) is 38.0 Å². The molecule has 0 atom stereocenters. The number of allylic oxidation sites excluding steroid dienone is 1. The van der Waals surface area contributed by atoms with E-state index in [2.05, 4.69) is 11.4 Å². The Morgan fingerprint density at radius 1 is 1.25 bits per heavy atom. The summed E-state index contributed by atoms with van der Waals surface area (Å²) in [5.74, 6) is 0. The van der Waals surface area contributed by atoms with Crippen LogP contribution in [0.25, 0.3) is 0 Å². The first-order valence-corrected chi connectivity index (χ1v) is 5.02. The van der Waals surface area contributed by atoms with Gasteiger partial charge in [0.1, 0.15) is 0 Å². The molecule has 0 aliphatic heterocycles. The maximum atomic E-state index is 5.38. The number of hydrogen-bond donors (Lipinski definition) is 2. The molecule has 1 aliphatic rings. The van der Waals surface area contributed by atoms with Crippen LogP contribution in [0.15, 0.2) is 11.6 Å². The number of nitrogens with two attached hydrogens (primary N) is 1. The van der Waals surface area contributed by atoms with Crippen LogP contribution in [-0.2, 0) is 0 Å². The van der Waals surface area contributed by atoms with Crippen LogP contribution in [0.5, 0.6) is 0 Å². The molecule has 0 bridgehead atoms. The predicted octanol–water partition coefficient (Wildman–Crippen LogP) is 1.77. The Bertz CT molecular complexity index is 141. The average Bonchev–Trinajstić information content (AvgIpc) is 2.02. The third-order valence-corrected chi connectivity index (χ3v) is 2.38. The summed E-state index contributed by atoms with van der Waals surface area (Å²) in [5, 5.41) is 3.18. The fourth-order valence-electron chi connectivity index (χ4n) is 1.65. The summed E-state index contributed by atoms with van der Waals surface area (Å²) in [7, 11) is 0. The summed E-state index contributed by atoms with van der Waals surface area (Å²) in [6, 6.07) is 0. The quantitative estimate of drug-likeness (QED) is 0.498. The Morgan fingerprint density at radius 2 is 2.08 bits per heavy atom. The Hall–Kier alpha value is -0.340. The highest BCUT2D eigenvalue weighted by atomic mass is 14.9. The highest BCUT2D eigenvalue weighted by molar-refractivity contribution is 5.04. The van der Waals surface area contributed by atoms with E-state index in [9.17, 15) is 0 Å². The van der Waals surface area contributed by atoms with Crippen LogP contribution in [-0.4, -0.2) is 13.2 Å². The monoisotopic (exact) mass is 168 g/mol. The van der Waals surface area contributed by atoms with Crippen molar-refractivity contribution in [2.45, 2.75) is 38.5 Å². The first-order chi connectivity index (χ1) is 5.93. The Kier molecular flexibility index (Phi) is 5.04. The van der Waals surface area contributed by atoms with E-state index in [-0.39, 0.29) is 0 Å². The average molecular weight is 168 g/mol. The molecule has 0 radical (unpaired) electrons. The molecular weight excluding hydrogens is 148 g/mol. The lowest BCUT2D eigenvalue weighted by molar-refractivity contribution is 0.608. The molecule has 1 rings (SSSR count). The van der Waals surface area contributed by atoms with Crippen LogP contribution < -0.4 is 11.1 Å². The summed E-state index contributed by atoms with van der Waals surface area (Å²) in [6.45, 7) is 1.59. The van der Waals surface area contributed by atoms with E-state index in [1.54, 1.807) is 5.57 Å². The fraction of sp³-hybridized carbons (Fsp3) is 0.800. The maximum Gasteiger partial charge on any atom is 0.0431 e. The zero-order valence-corrected chi connectivity index (χ0v) is 7.81. The number of rotatable bonds is 3. The van der Waals surface area contributed by atoms with Crippen molar-refractivity contribution in [3.8, 4) is 0 Å². The van der Waals surface area contributed by atoms with Gasteiger partial charge in [0.15, 0.2) is 0 Å². The van der Waals surface area contributed by atoms with Gasteiger partial charge in [0, 0.05) is 13.2 Å². The molecule has 0 heterocycles. The highest BCUT2D eigenvalue weighted by Crippen LogP contribution is 2.15. The lowest BCUT2D eigenvalue weighted by Gasteiger charge is -2.11. The van der Waals surface area contributed by atoms with Gasteiger partial charge in [-0.3, -0.25) is 0 Å². The van der Waals surface area contributed by atoms with Crippen LogP contribution in [0.3, 0.4) is 0 Å². The lowest BCUT2D eigenvalue weighted by Crippen LogP contribution is -2.24. The predicted molar refractivity (Wildman–Crippen MR) is 52.8 cm³/mol. The minimum atomic E-state index is 0.595. The van der Waals surface area contributed by atoms with Gasteiger partial charge in [0.2, 0.25) is 0 Å². The molecule has 1 aliphatic carbocycles. The molecule has 2 nitrogen and oxygen atoms in total. The largest absolute Gasteiger partial charge is 0.318 e. The molecule has 70 valence electrons. The minimum Gasteiger partial charge on any atom is -0.318 e. The van der Waals surface area contributed by atoms with Crippen molar-refractivity contribution in [3.63, 3.8) is 0 Å². The summed E-state index contributed by atoms with van der Waals surface area (Å²) < 4.78 is 0. The molecule has 0 aromatic carbocycles. The van der Waals surface area contributed by atoms with Crippen molar-refractivity contribution in [3.05, 3.63) is 11.6 Å². The van der Waals surface area contributed by atoms with Gasteiger partial charge < -0.3 is 11.1 Å². The third kappa shape index (κ3) is 3.88. The van der Waals surface area contributed by atoms with Crippen molar-refractivity contribution in [1.82, 2.24) is 5.32 Å². The first kappa shape index (κ1) is 9.75. The van der Waals surface area contributed by atoms with Crippen LogP contribution in [0.4, 0.5) is 0 Å².